The molecule has 4 heterocycles. The van der Waals surface area contributed by atoms with Crippen molar-refractivity contribution in [2.24, 2.45) is 12.0 Å². The maximum Gasteiger partial charge on any atom is 0.165 e. The van der Waals surface area contributed by atoms with Crippen molar-refractivity contribution in [3.05, 3.63) is 75.3 Å². The first-order valence-electron chi connectivity index (χ1n) is 11.8. The van der Waals surface area contributed by atoms with Gasteiger partial charge in [0.05, 0.1) is 12.2 Å². The highest BCUT2D eigenvalue weighted by Gasteiger charge is 2.36. The molecular weight excluding hydrogens is 503 g/mol. The summed E-state index contributed by atoms with van der Waals surface area (Å²) in [6.07, 6.45) is 10.4. The number of aliphatic imine (C=N–C) groups is 1. The molecule has 35 heavy (non-hydrogen) atoms. The number of hydrogen-bond donors (Lipinski definition) is 1. The van der Waals surface area contributed by atoms with Gasteiger partial charge in [-0.25, -0.2) is 9.37 Å². The highest BCUT2D eigenvalue weighted by molar-refractivity contribution is 7.98. The van der Waals surface area contributed by atoms with Crippen LogP contribution in [0, 0.1) is 5.82 Å². The summed E-state index contributed by atoms with van der Waals surface area (Å²) in [5, 5.41) is 8.89. The molecule has 0 amide bonds. The molecule has 10 heteroatoms. The van der Waals surface area contributed by atoms with Crippen LogP contribution in [-0.4, -0.2) is 49.9 Å². The monoisotopic (exact) mass is 530 g/mol. The van der Waals surface area contributed by atoms with Gasteiger partial charge in [-0.2, -0.15) is 5.10 Å². The van der Waals surface area contributed by atoms with Crippen molar-refractivity contribution in [1.82, 2.24) is 24.4 Å². The van der Waals surface area contributed by atoms with Crippen molar-refractivity contribution >= 4 is 46.3 Å². The van der Waals surface area contributed by atoms with Gasteiger partial charge in [0.15, 0.2) is 10.8 Å². The lowest BCUT2D eigenvalue weighted by molar-refractivity contribution is 0.544. The molecule has 1 aromatic carbocycles. The van der Waals surface area contributed by atoms with E-state index in [-0.39, 0.29) is 5.82 Å². The normalized spacial score (nSPS) is 20.0. The Morgan fingerprint density at radius 3 is 2.74 bits per heavy atom. The first kappa shape index (κ1) is 24.5. The van der Waals surface area contributed by atoms with Crippen LogP contribution in [0.2, 0.25) is 5.02 Å². The van der Waals surface area contributed by atoms with Gasteiger partial charge in [0, 0.05) is 65.4 Å². The van der Waals surface area contributed by atoms with Crippen molar-refractivity contribution in [2.75, 3.05) is 13.1 Å². The van der Waals surface area contributed by atoms with Crippen LogP contribution >= 0.6 is 34.9 Å². The van der Waals surface area contributed by atoms with Crippen LogP contribution in [0.4, 0.5) is 4.39 Å². The Balaban J connectivity index is 0.000000271. The van der Waals surface area contributed by atoms with Crippen molar-refractivity contribution in [3.8, 4) is 0 Å². The predicted octanol–water partition coefficient (Wildman–Crippen LogP) is 5.78. The Morgan fingerprint density at radius 2 is 2.09 bits per heavy atom. The van der Waals surface area contributed by atoms with Crippen LogP contribution in [0.15, 0.2) is 58.8 Å². The van der Waals surface area contributed by atoms with Gasteiger partial charge < -0.3 is 4.90 Å². The summed E-state index contributed by atoms with van der Waals surface area (Å²) in [7, 11) is 1.97. The molecule has 0 spiro atoms. The second-order valence-electron chi connectivity index (χ2n) is 8.87. The van der Waals surface area contributed by atoms with E-state index >= 15 is 0 Å². The Kier molecular flexibility index (Phi) is 7.87. The van der Waals surface area contributed by atoms with Gasteiger partial charge in [0.25, 0.3) is 0 Å². The number of nitrogens with one attached hydrogen (secondary N) is 1. The minimum absolute atomic E-state index is 0.294. The molecule has 0 radical (unpaired) electrons. The highest BCUT2D eigenvalue weighted by Crippen LogP contribution is 2.36. The zero-order valence-corrected chi connectivity index (χ0v) is 21.9. The van der Waals surface area contributed by atoms with Crippen LogP contribution in [0.25, 0.3) is 5.57 Å². The molecular formula is C25H28ClFN6S2. The van der Waals surface area contributed by atoms with Gasteiger partial charge >= 0.3 is 0 Å². The van der Waals surface area contributed by atoms with Crippen molar-refractivity contribution in [2.45, 2.75) is 43.4 Å². The first-order valence-corrected chi connectivity index (χ1v) is 14.0. The first-order chi connectivity index (χ1) is 17.1. The molecule has 2 aromatic heterocycles. The fourth-order valence-electron chi connectivity index (χ4n) is 4.63. The van der Waals surface area contributed by atoms with Crippen LogP contribution in [0.3, 0.4) is 0 Å². The molecule has 2 fully saturated rings. The lowest BCUT2D eigenvalue weighted by atomic mass is 10.1. The zero-order valence-electron chi connectivity index (χ0n) is 19.5. The van der Waals surface area contributed by atoms with Gasteiger partial charge in [-0.15, -0.1) is 11.3 Å². The van der Waals surface area contributed by atoms with Crippen LogP contribution in [0.1, 0.15) is 42.8 Å². The van der Waals surface area contributed by atoms with E-state index in [1.54, 1.807) is 23.5 Å². The summed E-state index contributed by atoms with van der Waals surface area (Å²) in [6, 6.07) is 8.35. The molecule has 0 bridgehead atoms. The predicted molar refractivity (Wildman–Crippen MR) is 143 cm³/mol. The van der Waals surface area contributed by atoms with Crippen molar-refractivity contribution < 1.29 is 4.39 Å². The molecule has 1 unspecified atom stereocenters. The fourth-order valence-corrected chi connectivity index (χ4v) is 6.57. The van der Waals surface area contributed by atoms with Gasteiger partial charge in [-0.05, 0) is 37.1 Å². The molecule has 1 saturated heterocycles. The van der Waals surface area contributed by atoms with Crippen LogP contribution in [-0.2, 0) is 7.05 Å². The Morgan fingerprint density at radius 1 is 1.23 bits per heavy atom. The number of amidine groups is 1. The Labute approximate surface area is 218 Å². The second kappa shape index (κ2) is 11.2. The number of hydrogen-bond acceptors (Lipinski definition) is 7. The van der Waals surface area contributed by atoms with E-state index in [4.69, 9.17) is 16.6 Å². The van der Waals surface area contributed by atoms with Gasteiger partial charge in [0.2, 0.25) is 0 Å². The lowest BCUT2D eigenvalue weighted by Crippen LogP contribution is -2.35. The number of rotatable bonds is 5. The number of nitrogens with zero attached hydrogens (tertiary/aromatic N) is 5. The summed E-state index contributed by atoms with van der Waals surface area (Å²) in [5.74, 6) is 0.729. The Hall–Kier alpha value is -2.20. The minimum Gasteiger partial charge on any atom is -0.326 e. The number of fused-ring (bicyclic) bond motifs is 1. The molecule has 1 N–H and O–H groups in total. The number of thiazole rings is 1. The van der Waals surface area contributed by atoms with Crippen molar-refractivity contribution in [3.63, 3.8) is 0 Å². The quantitative estimate of drug-likeness (QED) is 0.424. The van der Waals surface area contributed by atoms with Gasteiger partial charge in [0.1, 0.15) is 5.82 Å². The molecule has 6 nitrogen and oxygen atoms in total. The SMILES string of the molecule is Cn1ccc(C2=C3CC(NSC4CCCC4)CN3C(c3nccs3)=NC2)n1.Fc1cccc(Cl)c1. The third-order valence-corrected chi connectivity index (χ3v) is 8.57. The standard InChI is InChI=1S/C19H24N6S2.C6H4ClF/c1-24-8-6-16(22-24)15-11-21-18(19-20-7-9-26-19)25-12-13(10-17(15)25)23-27-14-4-2-3-5-14;7-5-2-1-3-6(8)4-5/h6-9,13-14,23H,2-5,10-12H2,1H3;1-4H. The third-order valence-electron chi connectivity index (χ3n) is 6.30. The number of benzene rings is 1. The Bertz CT molecular complexity index is 1190. The molecule has 6 rings (SSSR count). The van der Waals surface area contributed by atoms with Crippen LogP contribution in [0.5, 0.6) is 0 Å². The molecule has 1 aliphatic carbocycles. The molecule has 1 atom stereocenters. The summed E-state index contributed by atoms with van der Waals surface area (Å²) in [6.45, 7) is 1.63. The van der Waals surface area contributed by atoms with E-state index in [1.807, 2.05) is 41.5 Å². The van der Waals surface area contributed by atoms with Gasteiger partial charge in [-0.1, -0.05) is 42.5 Å². The summed E-state index contributed by atoms with van der Waals surface area (Å²) in [4.78, 5) is 11.8. The fraction of sp³-hybridized carbons (Fsp3) is 0.400. The van der Waals surface area contributed by atoms with E-state index in [0.29, 0.717) is 17.6 Å². The lowest BCUT2D eigenvalue weighted by Gasteiger charge is -2.27. The minimum atomic E-state index is -0.294. The van der Waals surface area contributed by atoms with E-state index in [1.165, 1.54) is 49.1 Å². The largest absolute Gasteiger partial charge is 0.326 e. The maximum absolute atomic E-state index is 12.1. The average molecular weight is 531 g/mol. The topological polar surface area (TPSA) is 58.3 Å². The molecule has 1 saturated carbocycles. The second-order valence-corrected chi connectivity index (χ2v) is 11.3. The average Bonchev–Trinajstić information content (AvgIpc) is 3.65. The molecule has 184 valence electrons. The smallest absolute Gasteiger partial charge is 0.165 e. The van der Waals surface area contributed by atoms with Crippen molar-refractivity contribution in [1.29, 1.82) is 0 Å². The van der Waals surface area contributed by atoms with E-state index in [2.05, 4.69) is 25.8 Å². The maximum atomic E-state index is 12.1. The number of aromatic nitrogens is 3. The van der Waals surface area contributed by atoms with E-state index in [9.17, 15) is 4.39 Å². The van der Waals surface area contributed by atoms with E-state index < -0.39 is 0 Å². The van der Waals surface area contributed by atoms with E-state index in [0.717, 1.165) is 34.8 Å². The summed E-state index contributed by atoms with van der Waals surface area (Å²) in [5.41, 5.74) is 3.66. The summed E-state index contributed by atoms with van der Waals surface area (Å²) >= 11 is 9.02. The third kappa shape index (κ3) is 5.97. The highest BCUT2D eigenvalue weighted by atomic mass is 35.5. The van der Waals surface area contributed by atoms with Crippen LogP contribution < -0.4 is 4.72 Å². The van der Waals surface area contributed by atoms with Gasteiger partial charge in [-0.3, -0.25) is 14.4 Å². The molecule has 3 aliphatic rings. The molecule has 2 aliphatic heterocycles. The molecule has 3 aromatic rings. The number of aryl methyl sites for hydroxylation is 1. The number of halogens is 2. The summed E-state index contributed by atoms with van der Waals surface area (Å²) < 4.78 is 17.7. The zero-order chi connectivity index (χ0) is 24.2.